The lowest BCUT2D eigenvalue weighted by atomic mass is 9.97. The van der Waals surface area contributed by atoms with Gasteiger partial charge in [-0.15, -0.1) is 0 Å². The molecule has 0 atom stereocenters. The predicted octanol–water partition coefficient (Wildman–Crippen LogP) is 6.81. The number of rotatable bonds is 9. The van der Waals surface area contributed by atoms with Crippen molar-refractivity contribution in [2.45, 2.75) is 13.8 Å². The van der Waals surface area contributed by atoms with Crippen LogP contribution in [0, 0.1) is 0 Å². The summed E-state index contributed by atoms with van der Waals surface area (Å²) >= 11 is 3.43. The number of halogens is 1. The van der Waals surface area contributed by atoms with Gasteiger partial charge in [-0.3, -0.25) is 4.79 Å². The molecule has 0 aliphatic carbocycles. The predicted molar refractivity (Wildman–Crippen MR) is 133 cm³/mol. The maximum Gasteiger partial charge on any atom is 0.197 e. The molecule has 0 aliphatic heterocycles. The highest BCUT2D eigenvalue weighted by Gasteiger charge is 2.23. The van der Waals surface area contributed by atoms with E-state index >= 15 is 0 Å². The number of ether oxygens (including phenoxy) is 1. The van der Waals surface area contributed by atoms with Crippen LogP contribution >= 0.6 is 15.9 Å². The number of nitrogens with zero attached hydrogens (tertiary/aromatic N) is 1. The smallest absolute Gasteiger partial charge is 0.197 e. The van der Waals surface area contributed by atoms with E-state index in [1.807, 2.05) is 72.8 Å². The molecule has 3 aromatic carbocycles. The van der Waals surface area contributed by atoms with E-state index in [4.69, 9.17) is 9.15 Å². The molecule has 4 aromatic rings. The first kappa shape index (κ1) is 22.3. The largest absolute Gasteiger partial charge is 0.492 e. The third-order valence-electron chi connectivity index (χ3n) is 5.62. The van der Waals surface area contributed by atoms with Gasteiger partial charge in [-0.2, -0.15) is 0 Å². The van der Waals surface area contributed by atoms with Crippen LogP contribution in [0.3, 0.4) is 0 Å². The molecular formula is C27H26BrNO3. The monoisotopic (exact) mass is 491 g/mol. The molecule has 32 heavy (non-hydrogen) atoms. The fourth-order valence-electron chi connectivity index (χ4n) is 3.75. The topological polar surface area (TPSA) is 42.7 Å². The van der Waals surface area contributed by atoms with E-state index < -0.39 is 0 Å². The number of fused-ring (bicyclic) bond motifs is 1. The molecule has 0 spiro atoms. The number of carbonyl (C=O) groups excluding carboxylic acids is 1. The molecule has 164 valence electrons. The Morgan fingerprint density at radius 2 is 1.62 bits per heavy atom. The molecule has 4 rings (SSSR count). The van der Waals surface area contributed by atoms with Crippen LogP contribution in [0.4, 0.5) is 0 Å². The molecule has 0 N–H and O–H groups in total. The molecule has 0 saturated carbocycles. The average Bonchev–Trinajstić information content (AvgIpc) is 3.22. The molecule has 0 unspecified atom stereocenters. The molecule has 0 amide bonds. The lowest BCUT2D eigenvalue weighted by molar-refractivity contribution is 0.104. The Hall–Kier alpha value is -2.89. The van der Waals surface area contributed by atoms with Crippen LogP contribution in [0.1, 0.15) is 29.8 Å². The Bertz CT molecular complexity index is 1190. The van der Waals surface area contributed by atoms with Crippen molar-refractivity contribution in [3.8, 4) is 17.1 Å². The van der Waals surface area contributed by atoms with E-state index in [1.54, 1.807) is 0 Å². The van der Waals surface area contributed by atoms with Gasteiger partial charge in [-0.1, -0.05) is 48.0 Å². The number of ketones is 1. The summed E-state index contributed by atoms with van der Waals surface area (Å²) in [6.07, 6.45) is 0. The summed E-state index contributed by atoms with van der Waals surface area (Å²) < 4.78 is 13.0. The first-order valence-corrected chi connectivity index (χ1v) is 11.7. The first-order valence-electron chi connectivity index (χ1n) is 10.9. The van der Waals surface area contributed by atoms with Crippen molar-refractivity contribution in [1.82, 2.24) is 4.90 Å². The molecule has 4 nitrogen and oxygen atoms in total. The number of hydrogen-bond acceptors (Lipinski definition) is 4. The van der Waals surface area contributed by atoms with Gasteiger partial charge < -0.3 is 14.1 Å². The van der Waals surface area contributed by atoms with Gasteiger partial charge in [-0.05, 0) is 67.7 Å². The molecule has 0 radical (unpaired) electrons. The normalized spacial score (nSPS) is 11.2. The van der Waals surface area contributed by atoms with Crippen molar-refractivity contribution < 1.29 is 13.9 Å². The van der Waals surface area contributed by atoms with Crippen molar-refractivity contribution in [2.75, 3.05) is 26.2 Å². The lowest BCUT2D eigenvalue weighted by Gasteiger charge is -2.18. The summed E-state index contributed by atoms with van der Waals surface area (Å²) in [6, 6.07) is 22.8. The fraction of sp³-hybridized carbons (Fsp3) is 0.222. The Morgan fingerprint density at radius 3 is 2.31 bits per heavy atom. The molecule has 0 fully saturated rings. The van der Waals surface area contributed by atoms with Gasteiger partial charge in [0.2, 0.25) is 0 Å². The van der Waals surface area contributed by atoms with Crippen LogP contribution in [-0.4, -0.2) is 36.9 Å². The zero-order valence-electron chi connectivity index (χ0n) is 18.3. The maximum atomic E-state index is 13.5. The zero-order chi connectivity index (χ0) is 22.5. The SMILES string of the molecule is CCN(CC)CCOc1ccc(-c2oc3ccccc3c2C(=O)c2ccc(Br)cc2)cc1. The van der Waals surface area contributed by atoms with Crippen LogP contribution in [0.2, 0.25) is 0 Å². The van der Waals surface area contributed by atoms with Crippen LogP contribution in [0.25, 0.3) is 22.3 Å². The molecule has 5 heteroatoms. The number of benzene rings is 3. The summed E-state index contributed by atoms with van der Waals surface area (Å²) in [7, 11) is 0. The zero-order valence-corrected chi connectivity index (χ0v) is 19.9. The van der Waals surface area contributed by atoms with E-state index in [1.165, 1.54) is 0 Å². The Labute approximate surface area is 196 Å². The minimum Gasteiger partial charge on any atom is -0.492 e. The molecule has 0 aliphatic rings. The van der Waals surface area contributed by atoms with E-state index in [0.717, 1.165) is 40.8 Å². The molecule has 0 saturated heterocycles. The van der Waals surface area contributed by atoms with E-state index in [9.17, 15) is 4.79 Å². The second-order valence-corrected chi connectivity index (χ2v) is 8.45. The van der Waals surface area contributed by atoms with Crippen molar-refractivity contribution in [3.05, 3.63) is 88.4 Å². The van der Waals surface area contributed by atoms with Gasteiger partial charge >= 0.3 is 0 Å². The van der Waals surface area contributed by atoms with Crippen molar-refractivity contribution in [2.24, 2.45) is 0 Å². The molecule has 0 bridgehead atoms. The van der Waals surface area contributed by atoms with Crippen LogP contribution < -0.4 is 4.74 Å². The van der Waals surface area contributed by atoms with Crippen LogP contribution in [-0.2, 0) is 0 Å². The van der Waals surface area contributed by atoms with Gasteiger partial charge in [0.15, 0.2) is 5.78 Å². The van der Waals surface area contributed by atoms with Crippen molar-refractivity contribution in [1.29, 1.82) is 0 Å². The summed E-state index contributed by atoms with van der Waals surface area (Å²) in [4.78, 5) is 15.8. The average molecular weight is 492 g/mol. The standard InChI is InChI=1S/C27H26BrNO3/c1-3-29(4-2)17-18-31-22-15-11-20(12-16-22)27-25(23-7-5-6-8-24(23)32-27)26(30)19-9-13-21(28)14-10-19/h5-16H,3-4,17-18H2,1-2H3. The minimum absolute atomic E-state index is 0.0583. The van der Waals surface area contributed by atoms with Crippen molar-refractivity contribution >= 4 is 32.7 Å². The lowest BCUT2D eigenvalue weighted by Crippen LogP contribution is -2.27. The molecule has 1 heterocycles. The van der Waals surface area contributed by atoms with Crippen LogP contribution in [0.15, 0.2) is 81.7 Å². The van der Waals surface area contributed by atoms with Gasteiger partial charge in [0.25, 0.3) is 0 Å². The Balaban J connectivity index is 1.63. The third-order valence-corrected chi connectivity index (χ3v) is 6.14. The summed E-state index contributed by atoms with van der Waals surface area (Å²) in [5, 5.41) is 0.815. The highest BCUT2D eigenvalue weighted by molar-refractivity contribution is 9.10. The summed E-state index contributed by atoms with van der Waals surface area (Å²) in [5.74, 6) is 1.32. The third kappa shape index (κ3) is 4.79. The Kier molecular flexibility index (Phi) is 7.08. The van der Waals surface area contributed by atoms with Gasteiger partial charge in [0, 0.05) is 27.5 Å². The Morgan fingerprint density at radius 1 is 0.938 bits per heavy atom. The fourth-order valence-corrected chi connectivity index (χ4v) is 4.02. The maximum absolute atomic E-state index is 13.5. The first-order chi connectivity index (χ1) is 15.6. The number of hydrogen-bond donors (Lipinski definition) is 0. The number of likely N-dealkylation sites (N-methyl/N-ethyl adjacent to an activating group) is 1. The number of para-hydroxylation sites is 1. The van der Waals surface area contributed by atoms with Gasteiger partial charge in [0.1, 0.15) is 23.7 Å². The summed E-state index contributed by atoms with van der Waals surface area (Å²) in [5.41, 5.74) is 2.75. The molecule has 1 aromatic heterocycles. The quantitative estimate of drug-likeness (QED) is 0.241. The summed E-state index contributed by atoms with van der Waals surface area (Å²) in [6.45, 7) is 7.86. The number of furan rings is 1. The second-order valence-electron chi connectivity index (χ2n) is 7.54. The van der Waals surface area contributed by atoms with Crippen molar-refractivity contribution in [3.63, 3.8) is 0 Å². The highest BCUT2D eigenvalue weighted by atomic mass is 79.9. The molecular weight excluding hydrogens is 466 g/mol. The highest BCUT2D eigenvalue weighted by Crippen LogP contribution is 2.36. The van der Waals surface area contributed by atoms with Crippen LogP contribution in [0.5, 0.6) is 5.75 Å². The number of carbonyl (C=O) groups is 1. The van der Waals surface area contributed by atoms with Gasteiger partial charge in [0.05, 0.1) is 5.56 Å². The van der Waals surface area contributed by atoms with E-state index in [-0.39, 0.29) is 5.78 Å². The van der Waals surface area contributed by atoms with E-state index in [2.05, 4.69) is 34.7 Å². The van der Waals surface area contributed by atoms with Gasteiger partial charge in [-0.25, -0.2) is 0 Å². The minimum atomic E-state index is -0.0583. The second kappa shape index (κ2) is 10.2. The van der Waals surface area contributed by atoms with E-state index in [0.29, 0.717) is 29.1 Å².